The molecule has 0 saturated carbocycles. The summed E-state index contributed by atoms with van der Waals surface area (Å²) in [5.74, 6) is -0.425. The van der Waals surface area contributed by atoms with Gasteiger partial charge in [0.2, 0.25) is 0 Å². The molecular weight excluding hydrogens is 292 g/mol. The van der Waals surface area contributed by atoms with Gasteiger partial charge >= 0.3 is 0 Å². The summed E-state index contributed by atoms with van der Waals surface area (Å²) in [5, 5.41) is 0. The van der Waals surface area contributed by atoms with Crippen LogP contribution in [0.2, 0.25) is 0 Å². The molecule has 0 aliphatic heterocycles. The Bertz CT molecular complexity index is 591. The van der Waals surface area contributed by atoms with Crippen LogP contribution >= 0.6 is 11.8 Å². The van der Waals surface area contributed by atoms with Crippen LogP contribution in [-0.2, 0) is 6.42 Å². The zero-order valence-corrected chi connectivity index (χ0v) is 12.7. The molecule has 2 N–H and O–H groups in total. The minimum Gasteiger partial charge on any atom is -0.497 e. The first-order valence-corrected chi connectivity index (χ1v) is 7.36. The zero-order valence-electron chi connectivity index (χ0n) is 11.9. The third-order valence-electron chi connectivity index (χ3n) is 2.90. The lowest BCUT2D eigenvalue weighted by Gasteiger charge is -2.10. The second-order valence-corrected chi connectivity index (χ2v) is 5.93. The molecule has 0 aliphatic rings. The van der Waals surface area contributed by atoms with Crippen molar-refractivity contribution in [1.29, 1.82) is 0 Å². The predicted molar refractivity (Wildman–Crippen MR) is 80.8 cm³/mol. The van der Waals surface area contributed by atoms with Gasteiger partial charge < -0.3 is 10.5 Å². The minimum absolute atomic E-state index is 0.00593. The number of hydrogen-bond donors (Lipinski definition) is 1. The number of nitrogens with two attached hydrogens (primary N) is 1. The van der Waals surface area contributed by atoms with Crippen LogP contribution < -0.4 is 10.5 Å². The van der Waals surface area contributed by atoms with Crippen molar-refractivity contribution in [2.75, 3.05) is 7.11 Å². The summed E-state index contributed by atoms with van der Waals surface area (Å²) < 4.78 is 33.2. The Morgan fingerprint density at radius 2 is 1.71 bits per heavy atom. The summed E-state index contributed by atoms with van der Waals surface area (Å²) in [4.78, 5) is 0.738. The number of ether oxygens (including phenoxy) is 1. The molecule has 0 bridgehead atoms. The number of halogens is 2. The molecule has 0 aliphatic carbocycles. The molecular formula is C16H17F2NOS. The van der Waals surface area contributed by atoms with Crippen molar-refractivity contribution in [1.82, 2.24) is 0 Å². The molecule has 5 heteroatoms. The van der Waals surface area contributed by atoms with Crippen molar-refractivity contribution < 1.29 is 13.5 Å². The van der Waals surface area contributed by atoms with Crippen LogP contribution in [0.3, 0.4) is 0 Å². The summed E-state index contributed by atoms with van der Waals surface area (Å²) in [5.41, 5.74) is 6.22. The maximum absolute atomic E-state index is 14.1. The van der Waals surface area contributed by atoms with Gasteiger partial charge in [-0.2, -0.15) is 0 Å². The molecule has 0 saturated heterocycles. The lowest BCUT2D eigenvalue weighted by molar-refractivity contribution is 0.414. The standard InChI is InChI=1S/C16H17F2NOS/c1-10(19)7-11-8-14(17)16(15(18)9-11)21-13-5-3-12(20-2)4-6-13/h3-6,8-10H,7,19H2,1-2H3. The third kappa shape index (κ3) is 4.19. The largest absolute Gasteiger partial charge is 0.497 e. The Kier molecular flexibility index (Phi) is 5.20. The van der Waals surface area contributed by atoms with Gasteiger partial charge in [-0.3, -0.25) is 0 Å². The van der Waals surface area contributed by atoms with Gasteiger partial charge in [-0.05, 0) is 55.3 Å². The average molecular weight is 309 g/mol. The van der Waals surface area contributed by atoms with Crippen LogP contribution in [-0.4, -0.2) is 13.2 Å². The molecule has 112 valence electrons. The van der Waals surface area contributed by atoms with Crippen LogP contribution in [0.1, 0.15) is 12.5 Å². The summed E-state index contributed by atoms with van der Waals surface area (Å²) >= 11 is 1.05. The van der Waals surface area contributed by atoms with Crippen LogP contribution in [0.4, 0.5) is 8.78 Å². The fourth-order valence-corrected chi connectivity index (χ4v) is 2.78. The average Bonchev–Trinajstić information content (AvgIpc) is 2.43. The van der Waals surface area contributed by atoms with E-state index in [2.05, 4.69) is 0 Å². The Labute approximate surface area is 127 Å². The Morgan fingerprint density at radius 1 is 1.14 bits per heavy atom. The molecule has 0 aromatic heterocycles. The lowest BCUT2D eigenvalue weighted by atomic mass is 10.1. The first kappa shape index (κ1) is 15.8. The SMILES string of the molecule is COc1ccc(Sc2c(F)cc(CC(C)N)cc2F)cc1. The second-order valence-electron chi connectivity index (χ2n) is 4.85. The molecule has 2 aromatic carbocycles. The monoisotopic (exact) mass is 309 g/mol. The van der Waals surface area contributed by atoms with Gasteiger partial charge in [0.1, 0.15) is 17.4 Å². The maximum Gasteiger partial charge on any atom is 0.140 e. The fourth-order valence-electron chi connectivity index (χ4n) is 1.96. The van der Waals surface area contributed by atoms with E-state index in [1.165, 1.54) is 12.1 Å². The van der Waals surface area contributed by atoms with Crippen LogP contribution in [0.5, 0.6) is 5.75 Å². The van der Waals surface area contributed by atoms with E-state index >= 15 is 0 Å². The van der Waals surface area contributed by atoms with Crippen molar-refractivity contribution in [3.05, 3.63) is 53.6 Å². The van der Waals surface area contributed by atoms with E-state index in [1.807, 2.05) is 0 Å². The van der Waals surface area contributed by atoms with Gasteiger partial charge in [-0.25, -0.2) is 8.78 Å². The van der Waals surface area contributed by atoms with Gasteiger partial charge in [0.05, 0.1) is 12.0 Å². The Hall–Kier alpha value is -1.59. The predicted octanol–water partition coefficient (Wildman–Crippen LogP) is 4.01. The molecule has 0 heterocycles. The lowest BCUT2D eigenvalue weighted by Crippen LogP contribution is -2.18. The van der Waals surface area contributed by atoms with E-state index in [-0.39, 0.29) is 10.9 Å². The first-order chi connectivity index (χ1) is 9.99. The van der Waals surface area contributed by atoms with Gasteiger partial charge in [0.25, 0.3) is 0 Å². The van der Waals surface area contributed by atoms with E-state index in [0.29, 0.717) is 17.7 Å². The van der Waals surface area contributed by atoms with Crippen molar-refractivity contribution in [2.45, 2.75) is 29.2 Å². The van der Waals surface area contributed by atoms with Gasteiger partial charge in [-0.1, -0.05) is 11.8 Å². The highest BCUT2D eigenvalue weighted by Gasteiger charge is 2.13. The quantitative estimate of drug-likeness (QED) is 0.906. The molecule has 0 amide bonds. The maximum atomic E-state index is 14.1. The first-order valence-electron chi connectivity index (χ1n) is 6.55. The van der Waals surface area contributed by atoms with E-state index < -0.39 is 11.6 Å². The van der Waals surface area contributed by atoms with Gasteiger partial charge in [0.15, 0.2) is 0 Å². The number of methoxy groups -OCH3 is 1. The highest BCUT2D eigenvalue weighted by molar-refractivity contribution is 7.99. The summed E-state index contributed by atoms with van der Waals surface area (Å²) in [6, 6.07) is 9.59. The number of rotatable bonds is 5. The normalized spacial score (nSPS) is 12.2. The summed E-state index contributed by atoms with van der Waals surface area (Å²) in [7, 11) is 1.57. The Morgan fingerprint density at radius 3 is 2.19 bits per heavy atom. The summed E-state index contributed by atoms with van der Waals surface area (Å²) in [6.45, 7) is 1.80. The van der Waals surface area contributed by atoms with E-state index in [4.69, 9.17) is 10.5 Å². The van der Waals surface area contributed by atoms with E-state index in [1.54, 1.807) is 38.3 Å². The molecule has 2 aromatic rings. The topological polar surface area (TPSA) is 35.2 Å². The minimum atomic E-state index is -0.563. The van der Waals surface area contributed by atoms with Crippen molar-refractivity contribution in [2.24, 2.45) is 5.73 Å². The van der Waals surface area contributed by atoms with Crippen LogP contribution in [0.15, 0.2) is 46.2 Å². The second kappa shape index (κ2) is 6.91. The van der Waals surface area contributed by atoms with Crippen molar-refractivity contribution in [3.8, 4) is 5.75 Å². The summed E-state index contributed by atoms with van der Waals surface area (Å²) in [6.07, 6.45) is 0.446. The van der Waals surface area contributed by atoms with Gasteiger partial charge in [-0.15, -0.1) is 0 Å². The molecule has 0 radical (unpaired) electrons. The van der Waals surface area contributed by atoms with Crippen LogP contribution in [0.25, 0.3) is 0 Å². The van der Waals surface area contributed by atoms with E-state index in [0.717, 1.165) is 16.7 Å². The van der Waals surface area contributed by atoms with Crippen molar-refractivity contribution >= 4 is 11.8 Å². The highest BCUT2D eigenvalue weighted by atomic mass is 32.2. The highest BCUT2D eigenvalue weighted by Crippen LogP contribution is 2.33. The molecule has 0 spiro atoms. The number of benzene rings is 2. The molecule has 0 fully saturated rings. The Balaban J connectivity index is 2.23. The number of hydrogen-bond acceptors (Lipinski definition) is 3. The van der Waals surface area contributed by atoms with Crippen molar-refractivity contribution in [3.63, 3.8) is 0 Å². The van der Waals surface area contributed by atoms with Gasteiger partial charge in [0, 0.05) is 10.9 Å². The molecule has 1 atom stereocenters. The fraction of sp³-hybridized carbons (Fsp3) is 0.250. The van der Waals surface area contributed by atoms with E-state index in [9.17, 15) is 8.78 Å². The smallest absolute Gasteiger partial charge is 0.140 e. The molecule has 1 unspecified atom stereocenters. The third-order valence-corrected chi connectivity index (χ3v) is 4.00. The zero-order chi connectivity index (χ0) is 15.4. The van der Waals surface area contributed by atoms with Crippen LogP contribution in [0, 0.1) is 11.6 Å². The molecule has 2 rings (SSSR count). The molecule has 21 heavy (non-hydrogen) atoms. The molecule has 2 nitrogen and oxygen atoms in total.